The van der Waals surface area contributed by atoms with Gasteiger partial charge in [-0.3, -0.25) is 13.8 Å². The summed E-state index contributed by atoms with van der Waals surface area (Å²) < 4.78 is 18.0. The number of rotatable bonds is 11. The molecule has 1 aliphatic rings. The lowest BCUT2D eigenvalue weighted by atomic mass is 9.88. The van der Waals surface area contributed by atoms with E-state index in [1.165, 1.54) is 12.7 Å². The molecule has 1 fully saturated rings. The zero-order valence-electron chi connectivity index (χ0n) is 26.3. The lowest BCUT2D eigenvalue weighted by Crippen LogP contribution is -2.36. The van der Waals surface area contributed by atoms with Crippen LogP contribution >= 0.6 is 23.2 Å². The predicted octanol–water partition coefficient (Wildman–Crippen LogP) is 7.12. The number of ether oxygens (including phenoxy) is 1. The monoisotopic (exact) mass is 679 g/mol. The average molecular weight is 681 g/mol. The summed E-state index contributed by atoms with van der Waals surface area (Å²) in [5.41, 5.74) is 8.35. The number of halogens is 2. The summed E-state index contributed by atoms with van der Waals surface area (Å²) in [6.07, 6.45) is 4.52. The molecular formula is C36H39Cl2N3O4S. The van der Waals surface area contributed by atoms with Gasteiger partial charge >= 0.3 is 0 Å². The fraction of sp³-hybridized carbons (Fsp3) is 0.333. The second-order valence-electron chi connectivity index (χ2n) is 11.9. The number of methoxy groups -OCH3 is 1. The minimum atomic E-state index is -1.02. The summed E-state index contributed by atoms with van der Waals surface area (Å²) in [6.45, 7) is 3.11. The van der Waals surface area contributed by atoms with E-state index in [4.69, 9.17) is 33.7 Å². The maximum atomic E-state index is 14.2. The largest absolute Gasteiger partial charge is 0.495 e. The number of likely N-dealkylation sites (N-methyl/N-ethyl adjacent to an activating group) is 1. The summed E-state index contributed by atoms with van der Waals surface area (Å²) >= 11 is 12.7. The lowest BCUT2D eigenvalue weighted by molar-refractivity contribution is 0.0780. The first-order chi connectivity index (χ1) is 22.1. The van der Waals surface area contributed by atoms with Crippen LogP contribution in [0.4, 0.5) is 0 Å². The van der Waals surface area contributed by atoms with E-state index in [0.717, 1.165) is 54.7 Å². The minimum absolute atomic E-state index is 0.0405. The van der Waals surface area contributed by atoms with E-state index in [0.29, 0.717) is 33.5 Å². The molecule has 0 spiro atoms. The van der Waals surface area contributed by atoms with Gasteiger partial charge in [0.15, 0.2) is 0 Å². The van der Waals surface area contributed by atoms with Crippen LogP contribution < -0.4 is 10.5 Å². The lowest BCUT2D eigenvalue weighted by Gasteiger charge is -2.34. The van der Waals surface area contributed by atoms with Gasteiger partial charge in [-0.2, -0.15) is 0 Å². The molecule has 5 rings (SSSR count). The summed E-state index contributed by atoms with van der Waals surface area (Å²) in [5, 5.41) is 2.35. The van der Waals surface area contributed by atoms with Gasteiger partial charge in [-0.25, -0.2) is 0 Å². The van der Waals surface area contributed by atoms with Crippen molar-refractivity contribution in [1.82, 2.24) is 9.80 Å². The first-order valence-electron chi connectivity index (χ1n) is 15.3. The molecule has 242 valence electrons. The van der Waals surface area contributed by atoms with Gasteiger partial charge in [0.2, 0.25) is 0 Å². The number of benzene rings is 4. The quantitative estimate of drug-likeness (QED) is 0.182. The van der Waals surface area contributed by atoms with Crippen molar-refractivity contribution < 1.29 is 18.5 Å². The predicted molar refractivity (Wildman–Crippen MR) is 187 cm³/mol. The van der Waals surface area contributed by atoms with Crippen LogP contribution in [0.15, 0.2) is 77.7 Å². The molecule has 46 heavy (non-hydrogen) atoms. The molecule has 0 aliphatic carbocycles. The Morgan fingerprint density at radius 1 is 1.02 bits per heavy atom. The van der Waals surface area contributed by atoms with Crippen LogP contribution in [0.3, 0.4) is 0 Å². The Balaban J connectivity index is 1.36. The van der Waals surface area contributed by atoms with Crippen LogP contribution in [0.2, 0.25) is 10.0 Å². The second kappa shape index (κ2) is 15.0. The summed E-state index contributed by atoms with van der Waals surface area (Å²) in [5.74, 6) is -0.420. The third kappa shape index (κ3) is 7.41. The van der Waals surface area contributed by atoms with Crippen LogP contribution in [0, 0.1) is 0 Å². The van der Waals surface area contributed by atoms with Gasteiger partial charge in [0.1, 0.15) is 5.75 Å². The van der Waals surface area contributed by atoms with E-state index >= 15 is 0 Å². The van der Waals surface area contributed by atoms with Crippen LogP contribution in [0.25, 0.3) is 10.8 Å². The van der Waals surface area contributed by atoms with Gasteiger partial charge in [-0.05, 0) is 91.0 Å². The van der Waals surface area contributed by atoms with E-state index in [2.05, 4.69) is 11.0 Å². The van der Waals surface area contributed by atoms with E-state index in [9.17, 15) is 13.8 Å². The van der Waals surface area contributed by atoms with Gasteiger partial charge in [-0.15, -0.1) is 0 Å². The van der Waals surface area contributed by atoms with Gasteiger partial charge in [-0.1, -0.05) is 71.7 Å². The van der Waals surface area contributed by atoms with Crippen molar-refractivity contribution in [3.8, 4) is 5.75 Å². The fourth-order valence-electron chi connectivity index (χ4n) is 6.56. The van der Waals surface area contributed by atoms with Crippen LogP contribution in [0.1, 0.15) is 62.9 Å². The normalized spacial score (nSPS) is 15.4. The second-order valence-corrected chi connectivity index (χ2v) is 14.0. The molecule has 0 aromatic heterocycles. The van der Waals surface area contributed by atoms with Crippen LogP contribution in [-0.4, -0.2) is 72.4 Å². The van der Waals surface area contributed by atoms with Crippen molar-refractivity contribution in [2.75, 3.05) is 46.6 Å². The Hall–Kier alpha value is -3.43. The molecule has 2 amide bonds. The molecule has 10 heteroatoms. The zero-order chi connectivity index (χ0) is 33.0. The molecule has 0 radical (unpaired) electrons. The first-order valence-corrected chi connectivity index (χ1v) is 17.6. The number of amides is 2. The molecular weight excluding hydrogens is 641 g/mol. The molecule has 2 atom stereocenters. The van der Waals surface area contributed by atoms with Crippen molar-refractivity contribution in [3.63, 3.8) is 0 Å². The van der Waals surface area contributed by atoms with Crippen molar-refractivity contribution in [2.45, 2.75) is 36.0 Å². The molecule has 4 aromatic rings. The van der Waals surface area contributed by atoms with Gasteiger partial charge in [0.05, 0.1) is 39.1 Å². The first kappa shape index (κ1) is 33.9. The van der Waals surface area contributed by atoms with Gasteiger partial charge < -0.3 is 20.3 Å². The molecule has 7 nitrogen and oxygen atoms in total. The number of carbonyl (C=O) groups is 2. The topological polar surface area (TPSA) is 92.9 Å². The number of likely N-dealkylation sites (tertiary alicyclic amines) is 1. The highest BCUT2D eigenvalue weighted by atomic mass is 35.5. The summed E-state index contributed by atoms with van der Waals surface area (Å²) in [6, 6.07) is 22.8. The van der Waals surface area contributed by atoms with Crippen molar-refractivity contribution in [3.05, 3.63) is 105 Å². The Bertz CT molecular complexity index is 1770. The number of hydrogen-bond donors (Lipinski definition) is 1. The fourth-order valence-corrected chi connectivity index (χ4v) is 7.70. The Morgan fingerprint density at radius 2 is 1.72 bits per heavy atom. The summed E-state index contributed by atoms with van der Waals surface area (Å²) in [4.78, 5) is 31.6. The highest BCUT2D eigenvalue weighted by Crippen LogP contribution is 2.36. The van der Waals surface area contributed by atoms with Crippen molar-refractivity contribution in [1.29, 1.82) is 0 Å². The molecule has 1 aliphatic heterocycles. The Kier molecular flexibility index (Phi) is 11.1. The number of piperidine rings is 1. The maximum absolute atomic E-state index is 14.2. The third-order valence-corrected chi connectivity index (χ3v) is 10.7. The average Bonchev–Trinajstić information content (AvgIpc) is 3.06. The van der Waals surface area contributed by atoms with Crippen LogP contribution in [0.5, 0.6) is 5.75 Å². The van der Waals surface area contributed by atoms with E-state index in [-0.39, 0.29) is 23.1 Å². The number of primary amides is 1. The van der Waals surface area contributed by atoms with E-state index < -0.39 is 16.7 Å². The molecule has 4 aromatic carbocycles. The smallest absolute Gasteiger partial charge is 0.258 e. The van der Waals surface area contributed by atoms with Crippen LogP contribution in [-0.2, 0) is 10.8 Å². The zero-order valence-corrected chi connectivity index (χ0v) is 28.6. The van der Waals surface area contributed by atoms with Gasteiger partial charge in [0, 0.05) is 30.7 Å². The number of fused-ring (bicyclic) bond motifs is 1. The van der Waals surface area contributed by atoms with Gasteiger partial charge in [0.25, 0.3) is 11.8 Å². The molecule has 0 bridgehead atoms. The molecule has 2 N–H and O–H groups in total. The summed E-state index contributed by atoms with van der Waals surface area (Å²) in [7, 11) is 2.18. The molecule has 1 saturated heterocycles. The Morgan fingerprint density at radius 3 is 2.39 bits per heavy atom. The molecule has 1 unspecified atom stereocenters. The highest BCUT2D eigenvalue weighted by Gasteiger charge is 2.28. The number of nitrogens with zero attached hydrogens (tertiary/aromatic N) is 2. The molecule has 1 heterocycles. The third-order valence-electron chi connectivity index (χ3n) is 8.99. The van der Waals surface area contributed by atoms with E-state index in [1.807, 2.05) is 54.6 Å². The highest BCUT2D eigenvalue weighted by molar-refractivity contribution is 7.84. The standard InChI is InChI=1S/C36H39Cl2N3O4S/c1-40(36(43)33-28-10-5-4-8-25(28)20-29(35(39)42)34(33)45-2)22-26(24-12-13-30(37)31(38)21-24)16-19-41-17-14-23(15-18-41)27-9-6-7-11-32(27)46(3)44/h4-13,20-21,23,26H,14-19,22H2,1-3H3,(H2,39,42)/t26-,46?/m1/s1. The number of hydrogen-bond acceptors (Lipinski definition) is 5. The Labute approximate surface area is 283 Å². The number of nitrogens with two attached hydrogens (primary N) is 1. The maximum Gasteiger partial charge on any atom is 0.258 e. The minimum Gasteiger partial charge on any atom is -0.495 e. The molecule has 0 saturated carbocycles. The van der Waals surface area contributed by atoms with Crippen molar-refractivity contribution in [2.24, 2.45) is 5.73 Å². The van der Waals surface area contributed by atoms with E-state index in [1.54, 1.807) is 30.3 Å². The SMILES string of the molecule is COc1c(C(N)=O)cc2ccccc2c1C(=O)N(C)C[C@@H](CCN1CCC(c2ccccc2S(C)=O)CC1)c1ccc(Cl)c(Cl)c1. The number of carbonyl (C=O) groups excluding carboxylic acids is 2. The van der Waals surface area contributed by atoms with Crippen molar-refractivity contribution >= 4 is 56.6 Å².